The number of amides is 1. The van der Waals surface area contributed by atoms with Gasteiger partial charge in [-0.2, -0.15) is 4.98 Å². The van der Waals surface area contributed by atoms with Crippen LogP contribution < -0.4 is 14.8 Å². The Labute approximate surface area is 139 Å². The first-order valence-corrected chi connectivity index (χ1v) is 7.78. The van der Waals surface area contributed by atoms with Gasteiger partial charge in [0.2, 0.25) is 5.89 Å². The van der Waals surface area contributed by atoms with Crippen molar-refractivity contribution < 1.29 is 18.8 Å². The third kappa shape index (κ3) is 3.24. The van der Waals surface area contributed by atoms with Crippen molar-refractivity contribution in [2.24, 2.45) is 0 Å². The van der Waals surface area contributed by atoms with E-state index in [-0.39, 0.29) is 18.6 Å². The summed E-state index contributed by atoms with van der Waals surface area (Å²) in [6.07, 6.45) is 1.81. The van der Waals surface area contributed by atoms with Crippen molar-refractivity contribution in [1.29, 1.82) is 0 Å². The Morgan fingerprint density at radius 3 is 3.00 bits per heavy atom. The van der Waals surface area contributed by atoms with Crippen LogP contribution in [0.15, 0.2) is 28.3 Å². The zero-order valence-electron chi connectivity index (χ0n) is 13.8. The van der Waals surface area contributed by atoms with Crippen LogP contribution in [0.5, 0.6) is 11.5 Å². The fourth-order valence-corrected chi connectivity index (χ4v) is 2.42. The average molecular weight is 329 g/mol. The summed E-state index contributed by atoms with van der Waals surface area (Å²) in [5.74, 6) is 2.02. The molecule has 1 aromatic carbocycles. The van der Waals surface area contributed by atoms with E-state index in [4.69, 9.17) is 14.0 Å². The molecule has 0 spiro atoms. The van der Waals surface area contributed by atoms with E-state index < -0.39 is 0 Å². The number of hydrogen-bond donors (Lipinski definition) is 1. The molecule has 126 valence electrons. The molecule has 0 fully saturated rings. The molecule has 24 heavy (non-hydrogen) atoms. The van der Waals surface area contributed by atoms with Crippen molar-refractivity contribution in [3.8, 4) is 11.5 Å². The van der Waals surface area contributed by atoms with Crippen molar-refractivity contribution in [1.82, 2.24) is 15.5 Å². The highest BCUT2D eigenvalue weighted by Gasteiger charge is 2.23. The normalized spacial score (nSPS) is 14.2. The molecule has 1 aliphatic rings. The Morgan fingerprint density at radius 1 is 1.46 bits per heavy atom. The van der Waals surface area contributed by atoms with E-state index in [1.54, 1.807) is 13.8 Å². The van der Waals surface area contributed by atoms with Crippen molar-refractivity contribution in [2.45, 2.75) is 26.8 Å². The van der Waals surface area contributed by atoms with Crippen LogP contribution in [0, 0.1) is 6.92 Å². The molecule has 0 radical (unpaired) electrons. The number of benzene rings is 1. The van der Waals surface area contributed by atoms with Gasteiger partial charge in [0, 0.05) is 5.56 Å². The number of nitrogens with zero attached hydrogens (tertiary/aromatic N) is 2. The monoisotopic (exact) mass is 329 g/mol. The Kier molecular flexibility index (Phi) is 4.50. The van der Waals surface area contributed by atoms with Crippen LogP contribution in [0.2, 0.25) is 0 Å². The number of fused-ring (bicyclic) bond motifs is 1. The van der Waals surface area contributed by atoms with Gasteiger partial charge in [-0.05, 0) is 32.9 Å². The zero-order chi connectivity index (χ0) is 17.1. The standard InChI is InChI=1S/C17H19N3O4/c1-4-22-14-7-5-6-12-8-13(9-23-15(12)14)16(21)18-10(2)17-19-11(3)20-24-17/h5-8,10H,4,9H2,1-3H3,(H,18,21). The molecule has 7 heteroatoms. The molecule has 1 aliphatic heterocycles. The van der Waals surface area contributed by atoms with E-state index in [1.807, 2.05) is 31.2 Å². The van der Waals surface area contributed by atoms with E-state index in [2.05, 4.69) is 15.5 Å². The summed E-state index contributed by atoms with van der Waals surface area (Å²) >= 11 is 0. The third-order valence-corrected chi connectivity index (χ3v) is 3.56. The lowest BCUT2D eigenvalue weighted by atomic mass is 10.1. The summed E-state index contributed by atoms with van der Waals surface area (Å²) in [7, 11) is 0. The SMILES string of the molecule is CCOc1cccc2c1OCC(C(=O)NC(C)c1nc(C)no1)=C2. The van der Waals surface area contributed by atoms with Crippen LogP contribution in [0.25, 0.3) is 6.08 Å². The molecule has 1 amide bonds. The lowest BCUT2D eigenvalue weighted by molar-refractivity contribution is -0.118. The summed E-state index contributed by atoms with van der Waals surface area (Å²) in [5, 5.41) is 6.56. The molecule has 2 aromatic rings. The minimum absolute atomic E-state index is 0.179. The Balaban J connectivity index is 1.75. The molecule has 0 aliphatic carbocycles. The molecule has 3 rings (SSSR count). The van der Waals surface area contributed by atoms with Gasteiger partial charge in [-0.1, -0.05) is 17.3 Å². The summed E-state index contributed by atoms with van der Waals surface area (Å²) < 4.78 is 16.3. The van der Waals surface area contributed by atoms with Crippen molar-refractivity contribution in [2.75, 3.05) is 13.2 Å². The van der Waals surface area contributed by atoms with Gasteiger partial charge in [0.1, 0.15) is 12.6 Å². The number of carbonyl (C=O) groups excluding carboxylic acids is 1. The van der Waals surface area contributed by atoms with Crippen LogP contribution in [-0.4, -0.2) is 29.3 Å². The van der Waals surface area contributed by atoms with Crippen molar-refractivity contribution in [3.63, 3.8) is 0 Å². The quantitative estimate of drug-likeness (QED) is 0.906. The predicted molar refractivity (Wildman–Crippen MR) is 86.7 cm³/mol. The van der Waals surface area contributed by atoms with Gasteiger partial charge in [-0.25, -0.2) is 0 Å². The summed E-state index contributed by atoms with van der Waals surface area (Å²) in [4.78, 5) is 16.5. The van der Waals surface area contributed by atoms with Crippen LogP contribution >= 0.6 is 0 Å². The zero-order valence-corrected chi connectivity index (χ0v) is 13.8. The minimum atomic E-state index is -0.379. The van der Waals surface area contributed by atoms with E-state index >= 15 is 0 Å². The van der Waals surface area contributed by atoms with Gasteiger partial charge < -0.3 is 19.3 Å². The molecular weight excluding hydrogens is 310 g/mol. The van der Waals surface area contributed by atoms with Gasteiger partial charge in [0.05, 0.1) is 12.2 Å². The second kappa shape index (κ2) is 6.74. The van der Waals surface area contributed by atoms with Crippen LogP contribution in [0.4, 0.5) is 0 Å². The first-order valence-electron chi connectivity index (χ1n) is 7.78. The molecule has 0 saturated heterocycles. The number of ether oxygens (including phenoxy) is 2. The van der Waals surface area contributed by atoms with Crippen molar-refractivity contribution >= 4 is 12.0 Å². The minimum Gasteiger partial charge on any atom is -0.490 e. The Bertz CT molecular complexity index is 782. The molecule has 0 bridgehead atoms. The van der Waals surface area contributed by atoms with Crippen LogP contribution in [0.3, 0.4) is 0 Å². The number of aryl methyl sites for hydroxylation is 1. The number of aromatic nitrogens is 2. The highest BCUT2D eigenvalue weighted by Crippen LogP contribution is 2.35. The average Bonchev–Trinajstić information content (AvgIpc) is 3.01. The highest BCUT2D eigenvalue weighted by molar-refractivity contribution is 5.99. The second-order valence-corrected chi connectivity index (χ2v) is 5.44. The van der Waals surface area contributed by atoms with Gasteiger partial charge in [0.25, 0.3) is 5.91 Å². The molecule has 1 atom stereocenters. The number of nitrogens with one attached hydrogen (secondary N) is 1. The largest absolute Gasteiger partial charge is 0.490 e. The van der Waals surface area contributed by atoms with Gasteiger partial charge in [-0.3, -0.25) is 4.79 Å². The topological polar surface area (TPSA) is 86.5 Å². The molecular formula is C17H19N3O4. The molecule has 1 N–H and O–H groups in total. The maximum atomic E-state index is 12.4. The summed E-state index contributed by atoms with van der Waals surface area (Å²) in [5.41, 5.74) is 1.35. The Hall–Kier alpha value is -2.83. The maximum absolute atomic E-state index is 12.4. The maximum Gasteiger partial charge on any atom is 0.251 e. The van der Waals surface area contributed by atoms with Gasteiger partial charge >= 0.3 is 0 Å². The molecule has 1 aromatic heterocycles. The van der Waals surface area contributed by atoms with E-state index in [0.717, 1.165) is 5.56 Å². The smallest absolute Gasteiger partial charge is 0.251 e. The fourth-order valence-electron chi connectivity index (χ4n) is 2.42. The third-order valence-electron chi connectivity index (χ3n) is 3.56. The Morgan fingerprint density at radius 2 is 2.29 bits per heavy atom. The highest BCUT2D eigenvalue weighted by atomic mass is 16.5. The van der Waals surface area contributed by atoms with Gasteiger partial charge in [0.15, 0.2) is 17.3 Å². The predicted octanol–water partition coefficient (Wildman–Crippen LogP) is 2.43. The van der Waals surface area contributed by atoms with Gasteiger partial charge in [-0.15, -0.1) is 0 Å². The summed E-state index contributed by atoms with van der Waals surface area (Å²) in [6.45, 7) is 6.16. The van der Waals surface area contributed by atoms with E-state index in [0.29, 0.717) is 35.4 Å². The lowest BCUT2D eigenvalue weighted by Crippen LogP contribution is -2.31. The van der Waals surface area contributed by atoms with Crippen LogP contribution in [-0.2, 0) is 4.79 Å². The summed E-state index contributed by atoms with van der Waals surface area (Å²) in [6, 6.07) is 5.22. The lowest BCUT2D eigenvalue weighted by Gasteiger charge is -2.20. The first-order chi connectivity index (χ1) is 11.6. The molecule has 7 nitrogen and oxygen atoms in total. The van der Waals surface area contributed by atoms with E-state index in [1.165, 1.54) is 0 Å². The van der Waals surface area contributed by atoms with Crippen LogP contribution in [0.1, 0.15) is 37.2 Å². The molecule has 2 heterocycles. The first kappa shape index (κ1) is 16.0. The number of hydrogen-bond acceptors (Lipinski definition) is 6. The number of carbonyl (C=O) groups is 1. The molecule has 1 unspecified atom stereocenters. The number of rotatable bonds is 5. The molecule has 0 saturated carbocycles. The van der Waals surface area contributed by atoms with E-state index in [9.17, 15) is 4.79 Å². The fraction of sp³-hybridized carbons (Fsp3) is 0.353. The van der Waals surface area contributed by atoms with Crippen molar-refractivity contribution in [3.05, 3.63) is 41.1 Å². The second-order valence-electron chi connectivity index (χ2n) is 5.44. The number of para-hydroxylation sites is 1.